The molecular weight excluding hydrogens is 576 g/mol. The molecule has 0 saturated heterocycles. The molecule has 5 heteroatoms. The summed E-state index contributed by atoms with van der Waals surface area (Å²) in [6.07, 6.45) is 5.93. The highest BCUT2D eigenvalue weighted by atomic mass is 16.5. The summed E-state index contributed by atoms with van der Waals surface area (Å²) in [6, 6.07) is 31.9. The quantitative estimate of drug-likeness (QED) is 0.162. The van der Waals surface area contributed by atoms with Crippen LogP contribution in [0, 0.1) is 27.7 Å². The molecule has 0 fully saturated rings. The second kappa shape index (κ2) is 12.6. The van der Waals surface area contributed by atoms with Crippen LogP contribution < -0.4 is 4.74 Å². The summed E-state index contributed by atoms with van der Waals surface area (Å²) in [4.78, 5) is 4.74. The van der Waals surface area contributed by atoms with Crippen LogP contribution in [0.25, 0.3) is 44.4 Å². The maximum absolute atomic E-state index is 6.60. The summed E-state index contributed by atoms with van der Waals surface area (Å²) < 4.78 is 11.0. The number of para-hydroxylation sites is 1. The zero-order valence-corrected chi connectivity index (χ0v) is 28.3. The van der Waals surface area contributed by atoms with E-state index in [0.717, 1.165) is 65.4 Å². The number of aryl methyl sites for hydroxylation is 5. The van der Waals surface area contributed by atoms with Crippen LogP contribution in [0.1, 0.15) is 60.3 Å². The largest absolute Gasteiger partial charge is 0.457 e. The lowest BCUT2D eigenvalue weighted by molar-refractivity contribution is 0.482. The summed E-state index contributed by atoms with van der Waals surface area (Å²) in [5.41, 5.74) is 13.3. The SMILES string of the molecule is CCCCc1c(-c2c(C)cc(C)cc2C)c(CC)nn1-c1cccc(Oc2ccc3c4ccccc4n(-c4cc(C)ccn4)c3c2)c1. The van der Waals surface area contributed by atoms with E-state index >= 15 is 0 Å². The number of nitrogens with zero attached hydrogens (tertiary/aromatic N) is 4. The average Bonchev–Trinajstić information content (AvgIpc) is 3.58. The van der Waals surface area contributed by atoms with Crippen molar-refractivity contribution in [2.45, 2.75) is 67.2 Å². The van der Waals surface area contributed by atoms with Crippen molar-refractivity contribution in [1.29, 1.82) is 0 Å². The minimum Gasteiger partial charge on any atom is -0.457 e. The van der Waals surface area contributed by atoms with Gasteiger partial charge in [0.25, 0.3) is 0 Å². The van der Waals surface area contributed by atoms with Crippen LogP contribution in [0.15, 0.2) is 97.2 Å². The molecule has 3 heterocycles. The third-order valence-electron chi connectivity index (χ3n) is 9.16. The highest BCUT2D eigenvalue weighted by Crippen LogP contribution is 2.38. The summed E-state index contributed by atoms with van der Waals surface area (Å²) in [5.74, 6) is 2.45. The van der Waals surface area contributed by atoms with Crippen LogP contribution >= 0.6 is 0 Å². The van der Waals surface area contributed by atoms with Crippen LogP contribution in [-0.4, -0.2) is 19.3 Å². The molecule has 0 bridgehead atoms. The molecule has 236 valence electrons. The summed E-state index contributed by atoms with van der Waals surface area (Å²) >= 11 is 0. The van der Waals surface area contributed by atoms with Gasteiger partial charge in [0, 0.05) is 34.7 Å². The summed E-state index contributed by atoms with van der Waals surface area (Å²) in [7, 11) is 0. The van der Waals surface area contributed by atoms with Crippen LogP contribution in [0.3, 0.4) is 0 Å². The van der Waals surface area contributed by atoms with E-state index in [9.17, 15) is 0 Å². The first-order valence-electron chi connectivity index (χ1n) is 16.8. The van der Waals surface area contributed by atoms with Gasteiger partial charge in [-0.2, -0.15) is 5.10 Å². The van der Waals surface area contributed by atoms with Crippen molar-refractivity contribution in [2.24, 2.45) is 0 Å². The minimum absolute atomic E-state index is 0.775. The number of benzene rings is 4. The molecular formula is C42H42N4O. The maximum Gasteiger partial charge on any atom is 0.137 e. The Labute approximate surface area is 277 Å². The topological polar surface area (TPSA) is 44.9 Å². The minimum atomic E-state index is 0.775. The fourth-order valence-corrected chi connectivity index (χ4v) is 7.12. The van der Waals surface area contributed by atoms with Gasteiger partial charge in [0.2, 0.25) is 0 Å². The molecule has 0 unspecified atom stereocenters. The van der Waals surface area contributed by atoms with E-state index in [0.29, 0.717) is 0 Å². The molecule has 7 aromatic rings. The Hall–Kier alpha value is -5.16. The van der Waals surface area contributed by atoms with Gasteiger partial charge in [-0.3, -0.25) is 4.57 Å². The highest BCUT2D eigenvalue weighted by molar-refractivity contribution is 6.09. The van der Waals surface area contributed by atoms with Gasteiger partial charge in [-0.25, -0.2) is 9.67 Å². The van der Waals surface area contributed by atoms with E-state index in [1.807, 2.05) is 18.3 Å². The molecule has 0 atom stereocenters. The third-order valence-corrected chi connectivity index (χ3v) is 9.16. The van der Waals surface area contributed by atoms with Gasteiger partial charge in [-0.15, -0.1) is 0 Å². The number of rotatable bonds is 9. The van der Waals surface area contributed by atoms with Crippen molar-refractivity contribution >= 4 is 21.8 Å². The summed E-state index contributed by atoms with van der Waals surface area (Å²) in [6.45, 7) is 13.2. The van der Waals surface area contributed by atoms with Gasteiger partial charge in [-0.1, -0.05) is 62.2 Å². The number of hydrogen-bond donors (Lipinski definition) is 0. The van der Waals surface area contributed by atoms with E-state index in [-0.39, 0.29) is 0 Å². The molecule has 0 aliphatic carbocycles. The van der Waals surface area contributed by atoms with Gasteiger partial charge in [-0.05, 0) is 112 Å². The maximum atomic E-state index is 6.60. The molecule has 0 N–H and O–H groups in total. The Morgan fingerprint density at radius 3 is 2.21 bits per heavy atom. The zero-order chi connectivity index (χ0) is 32.7. The van der Waals surface area contributed by atoms with Crippen molar-refractivity contribution in [3.8, 4) is 34.1 Å². The Bertz CT molecular complexity index is 2230. The van der Waals surface area contributed by atoms with Crippen LogP contribution in [-0.2, 0) is 12.8 Å². The molecule has 47 heavy (non-hydrogen) atoms. The Morgan fingerprint density at radius 1 is 0.681 bits per heavy atom. The molecule has 0 amide bonds. The van der Waals surface area contributed by atoms with Crippen molar-refractivity contribution in [1.82, 2.24) is 19.3 Å². The standard InChI is InChI=1S/C42H42N4O/c1-7-9-16-38-42(41-29(5)22-28(4)23-30(41)6)36(8-2)44-46(38)31-13-12-14-32(25-31)47-33-18-19-35-34-15-10-11-17-37(34)45(39(35)26-33)40-24-27(3)20-21-43-40/h10-15,17-26H,7-9,16H2,1-6H3. The molecule has 0 aliphatic rings. The third kappa shape index (κ3) is 5.61. The molecule has 0 spiro atoms. The van der Waals surface area contributed by atoms with Crippen LogP contribution in [0.2, 0.25) is 0 Å². The van der Waals surface area contributed by atoms with Gasteiger partial charge < -0.3 is 4.74 Å². The fourth-order valence-electron chi connectivity index (χ4n) is 7.12. The number of pyridine rings is 1. The number of fused-ring (bicyclic) bond motifs is 3. The monoisotopic (exact) mass is 618 g/mol. The van der Waals surface area contributed by atoms with Crippen molar-refractivity contribution in [3.05, 3.63) is 131 Å². The second-order valence-electron chi connectivity index (χ2n) is 12.7. The lowest BCUT2D eigenvalue weighted by Crippen LogP contribution is -2.04. The van der Waals surface area contributed by atoms with Gasteiger partial charge >= 0.3 is 0 Å². The predicted molar refractivity (Wildman–Crippen MR) is 195 cm³/mol. The first-order chi connectivity index (χ1) is 22.9. The van der Waals surface area contributed by atoms with E-state index in [1.165, 1.54) is 49.8 Å². The average molecular weight is 619 g/mol. The smallest absolute Gasteiger partial charge is 0.137 e. The molecule has 0 saturated carbocycles. The van der Waals surface area contributed by atoms with Crippen LogP contribution in [0.4, 0.5) is 0 Å². The molecule has 7 rings (SSSR count). The number of unbranched alkanes of at least 4 members (excludes halogenated alkanes) is 1. The number of ether oxygens (including phenoxy) is 1. The Morgan fingerprint density at radius 2 is 1.45 bits per heavy atom. The van der Waals surface area contributed by atoms with Crippen molar-refractivity contribution in [2.75, 3.05) is 0 Å². The first-order valence-corrected chi connectivity index (χ1v) is 16.8. The molecule has 5 nitrogen and oxygen atoms in total. The predicted octanol–water partition coefficient (Wildman–Crippen LogP) is 11.0. The van der Waals surface area contributed by atoms with Gasteiger partial charge in [0.15, 0.2) is 0 Å². The Kier molecular flexibility index (Phi) is 8.15. The lowest BCUT2D eigenvalue weighted by atomic mass is 9.90. The fraction of sp³-hybridized carbons (Fsp3) is 0.238. The molecule has 4 aromatic carbocycles. The lowest BCUT2D eigenvalue weighted by Gasteiger charge is -2.15. The Balaban J connectivity index is 1.32. The number of hydrogen-bond acceptors (Lipinski definition) is 3. The zero-order valence-electron chi connectivity index (χ0n) is 28.3. The van der Waals surface area contributed by atoms with Crippen molar-refractivity contribution < 1.29 is 4.74 Å². The van der Waals surface area contributed by atoms with E-state index in [4.69, 9.17) is 14.8 Å². The van der Waals surface area contributed by atoms with E-state index in [2.05, 4.69) is 130 Å². The van der Waals surface area contributed by atoms with Crippen molar-refractivity contribution in [3.63, 3.8) is 0 Å². The van der Waals surface area contributed by atoms with E-state index < -0.39 is 0 Å². The first kappa shape index (κ1) is 30.5. The molecule has 0 radical (unpaired) electrons. The summed E-state index contributed by atoms with van der Waals surface area (Å²) in [5, 5.41) is 7.61. The van der Waals surface area contributed by atoms with Crippen LogP contribution in [0.5, 0.6) is 11.5 Å². The van der Waals surface area contributed by atoms with Gasteiger partial charge in [0.1, 0.15) is 17.3 Å². The molecule has 0 aliphatic heterocycles. The van der Waals surface area contributed by atoms with Gasteiger partial charge in [0.05, 0.1) is 28.1 Å². The normalized spacial score (nSPS) is 11.5. The number of aromatic nitrogens is 4. The second-order valence-corrected chi connectivity index (χ2v) is 12.7. The highest BCUT2D eigenvalue weighted by Gasteiger charge is 2.22. The molecule has 3 aromatic heterocycles. The van der Waals surface area contributed by atoms with E-state index in [1.54, 1.807) is 0 Å².